The zero-order chi connectivity index (χ0) is 9.12. The molecule has 0 aromatic carbocycles. The molecule has 0 amide bonds. The molecule has 0 spiro atoms. The van der Waals surface area contributed by atoms with Gasteiger partial charge in [0.1, 0.15) is 5.67 Å². The van der Waals surface area contributed by atoms with E-state index in [0.717, 1.165) is 0 Å². The fourth-order valence-electron chi connectivity index (χ4n) is 1.46. The van der Waals surface area contributed by atoms with Crippen LogP contribution in [0.1, 0.15) is 34.1 Å². The fourth-order valence-corrected chi connectivity index (χ4v) is 1.46. The van der Waals surface area contributed by atoms with Crippen LogP contribution in [0.3, 0.4) is 0 Å². The highest BCUT2D eigenvalue weighted by Gasteiger charge is 2.29. The van der Waals surface area contributed by atoms with Crippen molar-refractivity contribution in [2.24, 2.45) is 5.41 Å². The first kappa shape index (κ1) is 10.9. The van der Waals surface area contributed by atoms with Crippen molar-refractivity contribution in [2.75, 3.05) is 13.7 Å². The second-order valence-corrected chi connectivity index (χ2v) is 4.58. The minimum atomic E-state index is -1.19. The maximum Gasteiger partial charge on any atom is 0.131 e. The van der Waals surface area contributed by atoms with E-state index in [1.165, 1.54) is 7.11 Å². The predicted molar refractivity (Wildman–Crippen MR) is 45.5 cm³/mol. The summed E-state index contributed by atoms with van der Waals surface area (Å²) in [6.07, 6.45) is 0.536. The van der Waals surface area contributed by atoms with Crippen LogP contribution in [-0.2, 0) is 4.74 Å². The van der Waals surface area contributed by atoms with Gasteiger partial charge in [0.25, 0.3) is 0 Å². The van der Waals surface area contributed by atoms with Crippen LogP contribution in [0.25, 0.3) is 0 Å². The Hall–Kier alpha value is -0.110. The van der Waals surface area contributed by atoms with Gasteiger partial charge >= 0.3 is 0 Å². The molecule has 0 radical (unpaired) electrons. The van der Waals surface area contributed by atoms with Gasteiger partial charge in [-0.15, -0.1) is 0 Å². The van der Waals surface area contributed by atoms with Gasteiger partial charge in [0.05, 0.1) is 6.61 Å². The van der Waals surface area contributed by atoms with Gasteiger partial charge in [-0.1, -0.05) is 20.8 Å². The topological polar surface area (TPSA) is 9.23 Å². The van der Waals surface area contributed by atoms with E-state index in [1.54, 1.807) is 6.92 Å². The molecule has 1 nitrogen and oxygen atoms in total. The molecule has 0 saturated heterocycles. The molecule has 0 heterocycles. The van der Waals surface area contributed by atoms with Gasteiger partial charge < -0.3 is 4.74 Å². The van der Waals surface area contributed by atoms with Crippen molar-refractivity contribution in [2.45, 2.75) is 39.8 Å². The summed E-state index contributed by atoms with van der Waals surface area (Å²) in [4.78, 5) is 0. The number of rotatable bonds is 3. The fraction of sp³-hybridized carbons (Fsp3) is 1.00. The van der Waals surface area contributed by atoms with Crippen LogP contribution in [0.2, 0.25) is 0 Å². The maximum atomic E-state index is 13.5. The highest BCUT2D eigenvalue weighted by atomic mass is 19.1. The van der Waals surface area contributed by atoms with Crippen LogP contribution in [0.4, 0.5) is 4.39 Å². The second kappa shape index (κ2) is 3.53. The third-order valence-electron chi connectivity index (χ3n) is 1.34. The van der Waals surface area contributed by atoms with Gasteiger partial charge in [0.2, 0.25) is 0 Å². The van der Waals surface area contributed by atoms with E-state index in [-0.39, 0.29) is 12.0 Å². The zero-order valence-electron chi connectivity index (χ0n) is 8.20. The van der Waals surface area contributed by atoms with Crippen LogP contribution < -0.4 is 0 Å². The maximum absolute atomic E-state index is 13.5. The molecule has 0 N–H and O–H groups in total. The lowest BCUT2D eigenvalue weighted by atomic mass is 9.84. The SMILES string of the molecule is COCC(C)(F)CC(C)(C)C. The number of ether oxygens (including phenoxy) is 1. The molecule has 0 aliphatic heterocycles. The summed E-state index contributed by atoms with van der Waals surface area (Å²) in [5, 5.41) is 0. The highest BCUT2D eigenvalue weighted by Crippen LogP contribution is 2.29. The molecular weight excluding hydrogens is 143 g/mol. The first-order valence-electron chi connectivity index (χ1n) is 3.95. The van der Waals surface area contributed by atoms with Gasteiger partial charge in [-0.05, 0) is 18.8 Å². The molecule has 0 aliphatic rings. The quantitative estimate of drug-likeness (QED) is 0.620. The first-order chi connectivity index (χ1) is 4.77. The monoisotopic (exact) mass is 162 g/mol. The van der Waals surface area contributed by atoms with Crippen LogP contribution in [0.15, 0.2) is 0 Å². The molecule has 68 valence electrons. The van der Waals surface area contributed by atoms with Gasteiger partial charge in [0.15, 0.2) is 0 Å². The van der Waals surface area contributed by atoms with Crippen LogP contribution >= 0.6 is 0 Å². The molecule has 0 fully saturated rings. The first-order valence-corrected chi connectivity index (χ1v) is 3.95. The summed E-state index contributed by atoms with van der Waals surface area (Å²) in [5.74, 6) is 0. The van der Waals surface area contributed by atoms with Crippen LogP contribution in [-0.4, -0.2) is 19.4 Å². The van der Waals surface area contributed by atoms with E-state index < -0.39 is 5.67 Å². The van der Waals surface area contributed by atoms with Gasteiger partial charge in [-0.3, -0.25) is 0 Å². The van der Waals surface area contributed by atoms with E-state index in [1.807, 2.05) is 20.8 Å². The molecule has 0 rings (SSSR count). The van der Waals surface area contributed by atoms with E-state index in [2.05, 4.69) is 0 Å². The summed E-state index contributed by atoms with van der Waals surface area (Å²) < 4.78 is 18.2. The number of methoxy groups -OCH3 is 1. The number of alkyl halides is 1. The second-order valence-electron chi connectivity index (χ2n) is 4.58. The number of halogens is 1. The third kappa shape index (κ3) is 6.29. The molecule has 0 aromatic rings. The van der Waals surface area contributed by atoms with Crippen molar-refractivity contribution in [3.63, 3.8) is 0 Å². The molecule has 0 aliphatic carbocycles. The molecular formula is C9H19FO. The number of hydrogen-bond acceptors (Lipinski definition) is 1. The highest BCUT2D eigenvalue weighted by molar-refractivity contribution is 4.79. The molecule has 1 unspecified atom stereocenters. The van der Waals surface area contributed by atoms with Crippen LogP contribution in [0.5, 0.6) is 0 Å². The van der Waals surface area contributed by atoms with E-state index in [4.69, 9.17) is 4.74 Å². The summed E-state index contributed by atoms with van der Waals surface area (Å²) in [5.41, 5.74) is -1.16. The average Bonchev–Trinajstić information content (AvgIpc) is 1.55. The lowest BCUT2D eigenvalue weighted by Crippen LogP contribution is -2.30. The molecule has 11 heavy (non-hydrogen) atoms. The Morgan fingerprint density at radius 1 is 1.18 bits per heavy atom. The molecule has 0 bridgehead atoms. The standard InChI is InChI=1S/C9H19FO/c1-8(2,3)6-9(4,10)7-11-5/h6-7H2,1-5H3. The van der Waals surface area contributed by atoms with Crippen molar-refractivity contribution in [3.05, 3.63) is 0 Å². The Morgan fingerprint density at radius 2 is 1.64 bits per heavy atom. The summed E-state index contributed by atoms with van der Waals surface area (Å²) in [6.45, 7) is 7.85. The minimum Gasteiger partial charge on any atom is -0.381 e. The summed E-state index contributed by atoms with van der Waals surface area (Å²) >= 11 is 0. The van der Waals surface area contributed by atoms with Crippen molar-refractivity contribution >= 4 is 0 Å². The van der Waals surface area contributed by atoms with Crippen LogP contribution in [0, 0.1) is 5.41 Å². The Morgan fingerprint density at radius 3 is 1.91 bits per heavy atom. The lowest BCUT2D eigenvalue weighted by molar-refractivity contribution is 0.0247. The Kier molecular flexibility index (Phi) is 3.49. The van der Waals surface area contributed by atoms with Gasteiger partial charge in [0, 0.05) is 7.11 Å². The van der Waals surface area contributed by atoms with Crippen molar-refractivity contribution in [3.8, 4) is 0 Å². The smallest absolute Gasteiger partial charge is 0.131 e. The largest absolute Gasteiger partial charge is 0.381 e. The van der Waals surface area contributed by atoms with E-state index >= 15 is 0 Å². The van der Waals surface area contributed by atoms with Crippen molar-refractivity contribution in [1.82, 2.24) is 0 Å². The zero-order valence-corrected chi connectivity index (χ0v) is 8.20. The van der Waals surface area contributed by atoms with E-state index in [0.29, 0.717) is 6.42 Å². The Bertz CT molecular complexity index is 113. The molecule has 0 aromatic heterocycles. The van der Waals surface area contributed by atoms with Crippen molar-refractivity contribution < 1.29 is 9.13 Å². The predicted octanol–water partition coefficient (Wildman–Crippen LogP) is 2.80. The van der Waals surface area contributed by atoms with E-state index in [9.17, 15) is 4.39 Å². The number of hydrogen-bond donors (Lipinski definition) is 0. The molecule has 0 saturated carbocycles. The lowest BCUT2D eigenvalue weighted by Gasteiger charge is -2.28. The van der Waals surface area contributed by atoms with Crippen molar-refractivity contribution in [1.29, 1.82) is 0 Å². The average molecular weight is 162 g/mol. The van der Waals surface area contributed by atoms with Gasteiger partial charge in [-0.25, -0.2) is 4.39 Å². The summed E-state index contributed by atoms with van der Waals surface area (Å²) in [6, 6.07) is 0. The summed E-state index contributed by atoms with van der Waals surface area (Å²) in [7, 11) is 1.53. The van der Waals surface area contributed by atoms with Gasteiger partial charge in [-0.2, -0.15) is 0 Å². The molecule has 1 atom stereocenters. The minimum absolute atomic E-state index is 0.0298. The Balaban J connectivity index is 3.91. The Labute approximate surface area is 68.9 Å². The normalized spacial score (nSPS) is 18.0. The molecule has 2 heteroatoms. The third-order valence-corrected chi connectivity index (χ3v) is 1.34.